The average Bonchev–Trinajstić information content (AvgIpc) is 2.98. The molecule has 0 spiro atoms. The number of esters is 4. The van der Waals surface area contributed by atoms with Crippen LogP contribution in [0.5, 0.6) is 0 Å². The average molecular weight is 1350 g/mol. The van der Waals surface area contributed by atoms with Crippen molar-refractivity contribution in [1.29, 1.82) is 0 Å². The van der Waals surface area contributed by atoms with Gasteiger partial charge in [0.2, 0.25) is 0 Å². The second-order valence-corrected chi connectivity index (χ2v) is 30.2. The van der Waals surface area contributed by atoms with E-state index in [0.29, 0.717) is 25.7 Å². The van der Waals surface area contributed by atoms with E-state index in [0.717, 1.165) is 120 Å². The van der Waals surface area contributed by atoms with Crippen LogP contribution >= 0.6 is 15.6 Å². The van der Waals surface area contributed by atoms with Gasteiger partial charge < -0.3 is 33.8 Å². The van der Waals surface area contributed by atoms with Crippen LogP contribution in [0, 0.1) is 23.7 Å². The molecule has 0 aromatic heterocycles. The van der Waals surface area contributed by atoms with Crippen LogP contribution in [0.4, 0.5) is 0 Å². The van der Waals surface area contributed by atoms with E-state index < -0.39 is 97.5 Å². The van der Waals surface area contributed by atoms with Crippen LogP contribution in [-0.4, -0.2) is 96.7 Å². The topological polar surface area (TPSA) is 237 Å². The third kappa shape index (κ3) is 61.6. The first-order valence-electron chi connectivity index (χ1n) is 37.9. The summed E-state index contributed by atoms with van der Waals surface area (Å²) in [6.45, 7) is 14.2. The number of unbranched alkanes of at least 4 members (excludes halogenated alkanes) is 32. The summed E-state index contributed by atoms with van der Waals surface area (Å²) in [7, 11) is -9.91. The molecule has 17 nitrogen and oxygen atoms in total. The van der Waals surface area contributed by atoms with Gasteiger partial charge in [-0.15, -0.1) is 0 Å². The first kappa shape index (κ1) is 90.1. The molecule has 0 aromatic rings. The largest absolute Gasteiger partial charge is 0.472 e. The molecule has 0 saturated heterocycles. The highest BCUT2D eigenvalue weighted by Gasteiger charge is 2.30. The lowest BCUT2D eigenvalue weighted by Crippen LogP contribution is -2.30. The number of carbonyl (C=O) groups is 4. The molecule has 0 heterocycles. The Bertz CT molecular complexity index is 1820. The van der Waals surface area contributed by atoms with Crippen molar-refractivity contribution < 1.29 is 80.2 Å². The normalized spacial score (nSPS) is 15.4. The number of rotatable bonds is 70. The number of aliphatic hydroxyl groups excluding tert-OH is 1. The van der Waals surface area contributed by atoms with Gasteiger partial charge in [0, 0.05) is 25.7 Å². The van der Waals surface area contributed by atoms with Gasteiger partial charge in [-0.2, -0.15) is 0 Å². The van der Waals surface area contributed by atoms with Crippen molar-refractivity contribution in [2.75, 3.05) is 39.6 Å². The van der Waals surface area contributed by atoms with E-state index >= 15 is 0 Å². The molecule has 0 aromatic carbocycles. The van der Waals surface area contributed by atoms with Gasteiger partial charge in [-0.3, -0.25) is 37.3 Å². The molecule has 546 valence electrons. The number of hydrogen-bond donors (Lipinski definition) is 3. The molecular formula is C73H142O17P2. The van der Waals surface area contributed by atoms with Crippen molar-refractivity contribution in [3.8, 4) is 0 Å². The highest BCUT2D eigenvalue weighted by molar-refractivity contribution is 7.47. The number of phosphoric acid groups is 2. The zero-order valence-corrected chi connectivity index (χ0v) is 62.0. The smallest absolute Gasteiger partial charge is 0.462 e. The Kier molecular flexibility index (Phi) is 61.3. The summed E-state index contributed by atoms with van der Waals surface area (Å²) in [4.78, 5) is 72.6. The van der Waals surface area contributed by atoms with Gasteiger partial charge in [0.1, 0.15) is 19.3 Å². The highest BCUT2D eigenvalue weighted by Crippen LogP contribution is 2.45. The molecule has 0 aliphatic heterocycles. The van der Waals surface area contributed by atoms with Crippen molar-refractivity contribution in [1.82, 2.24) is 0 Å². The zero-order chi connectivity index (χ0) is 68.2. The molecule has 0 rings (SSSR count). The van der Waals surface area contributed by atoms with Crippen molar-refractivity contribution in [2.45, 2.75) is 382 Å². The van der Waals surface area contributed by atoms with Gasteiger partial charge in [0.05, 0.1) is 26.4 Å². The van der Waals surface area contributed by atoms with Crippen LogP contribution in [0.1, 0.15) is 364 Å². The van der Waals surface area contributed by atoms with Gasteiger partial charge >= 0.3 is 39.5 Å². The summed E-state index contributed by atoms with van der Waals surface area (Å²) in [5.41, 5.74) is 0. The number of aliphatic hydroxyl groups is 1. The maximum absolute atomic E-state index is 13.0. The summed E-state index contributed by atoms with van der Waals surface area (Å²) in [6.07, 6.45) is 45.8. The molecule has 19 heteroatoms. The maximum Gasteiger partial charge on any atom is 0.472 e. The van der Waals surface area contributed by atoms with Crippen LogP contribution in [0.2, 0.25) is 0 Å². The Morgan fingerprint density at radius 3 is 0.717 bits per heavy atom. The SMILES string of the molecule is CCC(C)CCCCCCCCCCCCCCCCC(=O)O[C@H](COC(=O)CCCCCCCCC(C)CC)COP(=O)(O)OC[C@H](O)COP(=O)(O)OC[C@@H](COC(=O)CCCCCCCCCCCCC(C)CC)OC(=O)CCCCCCCCC(C)CC. The maximum atomic E-state index is 13.0. The van der Waals surface area contributed by atoms with Gasteiger partial charge in [0.25, 0.3) is 0 Å². The first-order chi connectivity index (χ1) is 44.2. The number of ether oxygens (including phenoxy) is 4. The fourth-order valence-corrected chi connectivity index (χ4v) is 12.5. The predicted octanol–water partition coefficient (Wildman–Crippen LogP) is 20.9. The number of carbonyl (C=O) groups excluding carboxylic acids is 4. The third-order valence-electron chi connectivity index (χ3n) is 18.3. The Labute approximate surface area is 562 Å². The first-order valence-corrected chi connectivity index (χ1v) is 40.8. The molecular weight excluding hydrogens is 1210 g/mol. The van der Waals surface area contributed by atoms with Crippen LogP contribution < -0.4 is 0 Å². The zero-order valence-electron chi connectivity index (χ0n) is 60.2. The molecule has 0 fully saturated rings. The minimum absolute atomic E-state index is 0.102. The second kappa shape index (κ2) is 62.6. The van der Waals surface area contributed by atoms with E-state index in [1.807, 2.05) is 0 Å². The summed E-state index contributed by atoms with van der Waals surface area (Å²) >= 11 is 0. The lowest BCUT2D eigenvalue weighted by atomic mass is 9.99. The highest BCUT2D eigenvalue weighted by atomic mass is 31.2. The van der Waals surface area contributed by atoms with Gasteiger partial charge in [-0.1, -0.05) is 312 Å². The summed E-state index contributed by atoms with van der Waals surface area (Å²) in [5, 5.41) is 10.6. The Hall–Kier alpha value is -1.94. The molecule has 3 N–H and O–H groups in total. The van der Waals surface area contributed by atoms with Gasteiger partial charge in [-0.05, 0) is 49.4 Å². The van der Waals surface area contributed by atoms with E-state index in [1.165, 1.54) is 161 Å². The minimum atomic E-state index is -4.95. The summed E-state index contributed by atoms with van der Waals surface area (Å²) in [6, 6.07) is 0. The second-order valence-electron chi connectivity index (χ2n) is 27.3. The lowest BCUT2D eigenvalue weighted by molar-refractivity contribution is -0.161. The standard InChI is InChI=1S/C73H142O17P2/c1-9-63(5)49-41-33-25-21-17-15-13-14-16-18-24-28-39-47-55-72(77)89-68(60-84-71(76)54-46-38-31-29-35-43-51-65(7)11-3)61-87-91(79,80)85-57-67(74)58-86-92(81,82)88-62-69(90-73(78)56-48-40-32-30-36-44-52-66(8)12-4)59-83-70(75)53-45-37-27-23-20-19-22-26-34-42-50-64(6)10-2/h63-69,74H,9-62H2,1-8H3,(H,79,80)(H,81,82)/t63?,64?,65?,66?,67-,68+,69+/m0/s1. The monoisotopic (exact) mass is 1350 g/mol. The van der Waals surface area contributed by atoms with Crippen molar-refractivity contribution in [2.24, 2.45) is 23.7 Å². The quantitative estimate of drug-likeness (QED) is 0.0222. The Morgan fingerprint density at radius 2 is 0.489 bits per heavy atom. The van der Waals surface area contributed by atoms with Crippen LogP contribution in [-0.2, 0) is 65.4 Å². The van der Waals surface area contributed by atoms with Crippen LogP contribution in [0.3, 0.4) is 0 Å². The fraction of sp³-hybridized carbons (Fsp3) is 0.945. The predicted molar refractivity (Wildman–Crippen MR) is 372 cm³/mol. The number of hydrogen-bond acceptors (Lipinski definition) is 15. The number of phosphoric ester groups is 2. The van der Waals surface area contributed by atoms with E-state index in [9.17, 15) is 43.2 Å². The Balaban J connectivity index is 5.22. The van der Waals surface area contributed by atoms with E-state index in [2.05, 4.69) is 55.4 Å². The van der Waals surface area contributed by atoms with Gasteiger partial charge in [0.15, 0.2) is 12.2 Å². The molecule has 0 amide bonds. The fourth-order valence-electron chi connectivity index (χ4n) is 10.9. The molecule has 92 heavy (non-hydrogen) atoms. The Morgan fingerprint density at radius 1 is 0.293 bits per heavy atom. The van der Waals surface area contributed by atoms with Crippen molar-refractivity contribution in [3.63, 3.8) is 0 Å². The molecule has 0 radical (unpaired) electrons. The molecule has 0 saturated carbocycles. The van der Waals surface area contributed by atoms with E-state index in [4.69, 9.17) is 37.0 Å². The minimum Gasteiger partial charge on any atom is -0.462 e. The molecule has 0 aliphatic carbocycles. The van der Waals surface area contributed by atoms with Crippen molar-refractivity contribution >= 4 is 39.5 Å². The summed E-state index contributed by atoms with van der Waals surface area (Å²) < 4.78 is 68.4. The molecule has 9 atom stereocenters. The molecule has 0 aliphatic rings. The van der Waals surface area contributed by atoms with Crippen LogP contribution in [0.25, 0.3) is 0 Å². The van der Waals surface area contributed by atoms with E-state index in [-0.39, 0.29) is 25.7 Å². The van der Waals surface area contributed by atoms with Crippen LogP contribution in [0.15, 0.2) is 0 Å². The lowest BCUT2D eigenvalue weighted by Gasteiger charge is -2.21. The van der Waals surface area contributed by atoms with Gasteiger partial charge in [-0.25, -0.2) is 9.13 Å². The third-order valence-corrected chi connectivity index (χ3v) is 20.2. The molecule has 6 unspecified atom stereocenters. The van der Waals surface area contributed by atoms with Crippen molar-refractivity contribution in [3.05, 3.63) is 0 Å². The summed E-state index contributed by atoms with van der Waals surface area (Å²) in [5.74, 6) is 0.978. The van der Waals surface area contributed by atoms with E-state index in [1.54, 1.807) is 0 Å². The molecule has 0 bridgehead atoms.